The van der Waals surface area contributed by atoms with Gasteiger partial charge in [-0.05, 0) is 6.42 Å². The van der Waals surface area contributed by atoms with Gasteiger partial charge in [-0.2, -0.15) is 0 Å². The highest BCUT2D eigenvalue weighted by Crippen LogP contribution is 2.12. The summed E-state index contributed by atoms with van der Waals surface area (Å²) >= 11 is 1.47. The maximum absolute atomic E-state index is 11.5. The van der Waals surface area contributed by atoms with Crippen molar-refractivity contribution in [2.24, 2.45) is 5.73 Å². The molecule has 1 rings (SSSR count). The first-order valence-corrected chi connectivity index (χ1v) is 6.73. The molecule has 1 aromatic heterocycles. The summed E-state index contributed by atoms with van der Waals surface area (Å²) in [5, 5.41) is 14.2. The molecule has 8 nitrogen and oxygen atoms in total. The van der Waals surface area contributed by atoms with Crippen molar-refractivity contribution in [3.63, 3.8) is 0 Å². The highest BCUT2D eigenvalue weighted by molar-refractivity contribution is 7.11. The van der Waals surface area contributed by atoms with Crippen LogP contribution < -0.4 is 16.4 Å². The van der Waals surface area contributed by atoms with E-state index in [1.54, 1.807) is 6.20 Å². The molecule has 0 radical (unpaired) electrons. The lowest BCUT2D eigenvalue weighted by atomic mass is 10.2. The number of carbonyl (C=O) groups is 3. The molecule has 5 N–H and O–H groups in total. The molecule has 0 saturated carbocycles. The van der Waals surface area contributed by atoms with Gasteiger partial charge in [0.05, 0.1) is 13.0 Å². The van der Waals surface area contributed by atoms with Gasteiger partial charge in [0.2, 0.25) is 5.91 Å². The van der Waals surface area contributed by atoms with Gasteiger partial charge in [0.25, 0.3) is 0 Å². The second-order valence-corrected chi connectivity index (χ2v) is 5.16. The highest BCUT2D eigenvalue weighted by Gasteiger charge is 2.21. The molecule has 0 aromatic carbocycles. The zero-order valence-corrected chi connectivity index (χ0v) is 11.7. The van der Waals surface area contributed by atoms with E-state index in [0.29, 0.717) is 0 Å². The van der Waals surface area contributed by atoms with E-state index in [2.05, 4.69) is 15.6 Å². The van der Waals surface area contributed by atoms with Gasteiger partial charge in [0, 0.05) is 11.1 Å². The lowest BCUT2D eigenvalue weighted by Gasteiger charge is -2.13. The fourth-order valence-electron chi connectivity index (χ4n) is 1.36. The number of rotatable bonds is 7. The van der Waals surface area contributed by atoms with Crippen LogP contribution in [0.5, 0.6) is 0 Å². The first-order chi connectivity index (χ1) is 9.42. The zero-order valence-electron chi connectivity index (χ0n) is 10.9. The van der Waals surface area contributed by atoms with Crippen LogP contribution in [0, 0.1) is 0 Å². The lowest BCUT2D eigenvalue weighted by molar-refractivity contribution is -0.140. The minimum Gasteiger partial charge on any atom is -0.480 e. The first-order valence-electron chi connectivity index (χ1n) is 5.91. The number of amides is 3. The maximum Gasteiger partial charge on any atom is 0.326 e. The predicted molar refractivity (Wildman–Crippen MR) is 72.1 cm³/mol. The fourth-order valence-corrected chi connectivity index (χ4v) is 2.16. The summed E-state index contributed by atoms with van der Waals surface area (Å²) in [4.78, 5) is 38.2. The number of nitrogens with zero attached hydrogens (tertiary/aromatic N) is 1. The summed E-state index contributed by atoms with van der Waals surface area (Å²) in [7, 11) is 0. The standard InChI is InChI=1S/C11H16N4O4S/c1-2-6-4-13-9(20-6)5-14-11(19)15-7(10(17)18)3-8(12)16/h4,7H,2-3,5H2,1H3,(H2,12,16)(H,17,18)(H2,14,15,19)/t7-/m0/s1. The number of carboxylic acids is 1. The van der Waals surface area contributed by atoms with E-state index < -0.39 is 30.4 Å². The van der Waals surface area contributed by atoms with Gasteiger partial charge in [-0.15, -0.1) is 11.3 Å². The van der Waals surface area contributed by atoms with Gasteiger partial charge in [0.1, 0.15) is 11.0 Å². The van der Waals surface area contributed by atoms with E-state index in [-0.39, 0.29) is 6.54 Å². The number of aromatic nitrogens is 1. The van der Waals surface area contributed by atoms with Crippen LogP contribution in [0.2, 0.25) is 0 Å². The Morgan fingerprint density at radius 2 is 2.20 bits per heavy atom. The van der Waals surface area contributed by atoms with E-state index in [0.717, 1.165) is 16.3 Å². The molecule has 1 atom stereocenters. The van der Waals surface area contributed by atoms with Crippen LogP contribution in [0.3, 0.4) is 0 Å². The second-order valence-electron chi connectivity index (χ2n) is 3.96. The normalized spacial score (nSPS) is 11.7. The Morgan fingerprint density at radius 1 is 1.50 bits per heavy atom. The number of hydrogen-bond donors (Lipinski definition) is 4. The smallest absolute Gasteiger partial charge is 0.326 e. The van der Waals surface area contributed by atoms with Crippen molar-refractivity contribution < 1.29 is 19.5 Å². The van der Waals surface area contributed by atoms with E-state index in [4.69, 9.17) is 10.8 Å². The Balaban J connectivity index is 2.45. The molecular weight excluding hydrogens is 284 g/mol. The Hall–Kier alpha value is -2.16. The monoisotopic (exact) mass is 300 g/mol. The third kappa shape index (κ3) is 5.22. The third-order valence-corrected chi connectivity index (χ3v) is 3.50. The molecular formula is C11H16N4O4S. The molecule has 9 heteroatoms. The molecule has 0 aliphatic heterocycles. The van der Waals surface area contributed by atoms with Crippen molar-refractivity contribution in [3.05, 3.63) is 16.1 Å². The van der Waals surface area contributed by atoms with Crippen molar-refractivity contribution in [2.75, 3.05) is 0 Å². The largest absolute Gasteiger partial charge is 0.480 e. The van der Waals surface area contributed by atoms with Crippen LogP contribution in [0.15, 0.2) is 6.20 Å². The molecule has 0 bridgehead atoms. The van der Waals surface area contributed by atoms with Gasteiger partial charge in [-0.1, -0.05) is 6.92 Å². The topological polar surface area (TPSA) is 134 Å². The Bertz CT molecular complexity index is 502. The number of thiazole rings is 1. The molecule has 3 amide bonds. The number of primary amides is 1. The molecule has 1 heterocycles. The second kappa shape index (κ2) is 7.43. The van der Waals surface area contributed by atoms with Gasteiger partial charge < -0.3 is 21.5 Å². The zero-order chi connectivity index (χ0) is 15.1. The molecule has 1 aromatic rings. The number of urea groups is 1. The maximum atomic E-state index is 11.5. The van der Waals surface area contributed by atoms with Crippen LogP contribution in [-0.4, -0.2) is 34.0 Å². The van der Waals surface area contributed by atoms with Crippen molar-refractivity contribution in [1.29, 1.82) is 0 Å². The first kappa shape index (κ1) is 15.9. The van der Waals surface area contributed by atoms with Gasteiger partial charge >= 0.3 is 12.0 Å². The van der Waals surface area contributed by atoms with Gasteiger partial charge in [0.15, 0.2) is 0 Å². The summed E-state index contributed by atoms with van der Waals surface area (Å²) in [5.41, 5.74) is 4.91. The van der Waals surface area contributed by atoms with Crippen LogP contribution in [0.1, 0.15) is 23.2 Å². The molecule has 0 aliphatic rings. The molecule has 110 valence electrons. The fraction of sp³-hybridized carbons (Fsp3) is 0.455. The van der Waals surface area contributed by atoms with E-state index in [1.165, 1.54) is 11.3 Å². The Morgan fingerprint density at radius 3 is 2.70 bits per heavy atom. The number of nitrogens with one attached hydrogen (secondary N) is 2. The Labute approximate surface area is 119 Å². The average Bonchev–Trinajstić information content (AvgIpc) is 2.83. The SMILES string of the molecule is CCc1cnc(CNC(=O)N[C@@H](CC(N)=O)C(=O)O)s1. The van der Waals surface area contributed by atoms with Crippen LogP contribution in [0.4, 0.5) is 4.79 Å². The van der Waals surface area contributed by atoms with Crippen molar-refractivity contribution in [3.8, 4) is 0 Å². The number of carbonyl (C=O) groups excluding carboxylic acids is 2. The van der Waals surface area contributed by atoms with Crippen molar-refractivity contribution >= 4 is 29.2 Å². The van der Waals surface area contributed by atoms with Crippen LogP contribution >= 0.6 is 11.3 Å². The van der Waals surface area contributed by atoms with E-state index in [1.807, 2.05) is 6.92 Å². The molecule has 0 unspecified atom stereocenters. The molecule has 0 spiro atoms. The molecule has 0 fully saturated rings. The predicted octanol–water partition coefficient (Wildman–Crippen LogP) is -0.167. The average molecular weight is 300 g/mol. The van der Waals surface area contributed by atoms with Crippen molar-refractivity contribution in [1.82, 2.24) is 15.6 Å². The molecule has 0 saturated heterocycles. The number of aliphatic carboxylic acids is 1. The molecule has 0 aliphatic carbocycles. The van der Waals surface area contributed by atoms with Crippen LogP contribution in [-0.2, 0) is 22.6 Å². The highest BCUT2D eigenvalue weighted by atomic mass is 32.1. The minimum absolute atomic E-state index is 0.194. The summed E-state index contributed by atoms with van der Waals surface area (Å²) < 4.78 is 0. The van der Waals surface area contributed by atoms with Crippen molar-refractivity contribution in [2.45, 2.75) is 32.4 Å². The molecule has 20 heavy (non-hydrogen) atoms. The van der Waals surface area contributed by atoms with E-state index >= 15 is 0 Å². The Kier molecular flexibility index (Phi) is 5.91. The number of hydrogen-bond acceptors (Lipinski definition) is 5. The summed E-state index contributed by atoms with van der Waals surface area (Å²) in [6, 6.07) is -2.03. The number of aryl methyl sites for hydroxylation is 1. The summed E-state index contributed by atoms with van der Waals surface area (Å²) in [6.45, 7) is 2.19. The third-order valence-electron chi connectivity index (χ3n) is 2.36. The van der Waals surface area contributed by atoms with E-state index in [9.17, 15) is 14.4 Å². The summed E-state index contributed by atoms with van der Waals surface area (Å²) in [6.07, 6.45) is 2.14. The van der Waals surface area contributed by atoms with Gasteiger partial charge in [-0.25, -0.2) is 14.6 Å². The minimum atomic E-state index is -1.34. The summed E-state index contributed by atoms with van der Waals surface area (Å²) in [5.74, 6) is -2.12. The quantitative estimate of drug-likeness (QED) is 0.554. The lowest BCUT2D eigenvalue weighted by Crippen LogP contribution is -2.47. The number of nitrogens with two attached hydrogens (primary N) is 1. The van der Waals surface area contributed by atoms with Crippen LogP contribution in [0.25, 0.3) is 0 Å². The number of carboxylic acid groups (broad SMARTS) is 1. The van der Waals surface area contributed by atoms with Gasteiger partial charge in [-0.3, -0.25) is 4.79 Å².